The minimum Gasteiger partial charge on any atom is -0.367 e. The Bertz CT molecular complexity index is 282. The lowest BCUT2D eigenvalue weighted by molar-refractivity contribution is 0.698. The van der Waals surface area contributed by atoms with Gasteiger partial charge in [-0.05, 0) is 12.2 Å². The standard InChI is InChI=1S/C7H12N4S2/c1-11(5-2-3-12-4-5)7-9-6(8)10-13-7/h5H,2-4H2,1H3,(H2,8,10). The number of anilines is 2. The lowest BCUT2D eigenvalue weighted by Gasteiger charge is -2.21. The summed E-state index contributed by atoms with van der Waals surface area (Å²) < 4.78 is 3.97. The molecule has 2 N–H and O–H groups in total. The van der Waals surface area contributed by atoms with Crippen LogP contribution in [0.1, 0.15) is 6.42 Å². The molecule has 0 spiro atoms. The summed E-state index contributed by atoms with van der Waals surface area (Å²) >= 11 is 3.37. The first-order valence-electron chi connectivity index (χ1n) is 4.17. The van der Waals surface area contributed by atoms with Gasteiger partial charge < -0.3 is 10.6 Å². The Hall–Kier alpha value is -0.490. The third-order valence-corrected chi connectivity index (χ3v) is 4.15. The van der Waals surface area contributed by atoms with Crippen LogP contribution < -0.4 is 10.6 Å². The van der Waals surface area contributed by atoms with Gasteiger partial charge in [-0.3, -0.25) is 0 Å². The van der Waals surface area contributed by atoms with E-state index in [9.17, 15) is 0 Å². The van der Waals surface area contributed by atoms with E-state index in [1.807, 2.05) is 11.8 Å². The third-order valence-electron chi connectivity index (χ3n) is 2.19. The molecule has 1 aliphatic heterocycles. The van der Waals surface area contributed by atoms with Crippen LogP contribution in [-0.4, -0.2) is 34.0 Å². The Balaban J connectivity index is 2.07. The number of aromatic nitrogens is 2. The molecule has 6 heteroatoms. The van der Waals surface area contributed by atoms with Crippen molar-refractivity contribution < 1.29 is 0 Å². The van der Waals surface area contributed by atoms with Crippen LogP contribution in [0.4, 0.5) is 11.1 Å². The first-order chi connectivity index (χ1) is 6.27. The molecule has 1 saturated heterocycles. The fraction of sp³-hybridized carbons (Fsp3) is 0.714. The van der Waals surface area contributed by atoms with Gasteiger partial charge in [-0.15, -0.1) is 0 Å². The maximum Gasteiger partial charge on any atom is 0.233 e. The van der Waals surface area contributed by atoms with Gasteiger partial charge in [0.25, 0.3) is 0 Å². The number of hydrogen-bond acceptors (Lipinski definition) is 6. The molecule has 13 heavy (non-hydrogen) atoms. The van der Waals surface area contributed by atoms with E-state index in [2.05, 4.69) is 21.3 Å². The Labute approximate surface area is 85.7 Å². The van der Waals surface area contributed by atoms with E-state index in [-0.39, 0.29) is 0 Å². The van der Waals surface area contributed by atoms with Gasteiger partial charge in [0.05, 0.1) is 0 Å². The molecule has 1 atom stereocenters. The van der Waals surface area contributed by atoms with Crippen molar-refractivity contribution in [3.8, 4) is 0 Å². The fourth-order valence-electron chi connectivity index (χ4n) is 1.35. The van der Waals surface area contributed by atoms with Crippen molar-refractivity contribution >= 4 is 34.4 Å². The summed E-state index contributed by atoms with van der Waals surface area (Å²) in [6.07, 6.45) is 1.24. The van der Waals surface area contributed by atoms with Crippen LogP contribution in [0.2, 0.25) is 0 Å². The molecule has 0 radical (unpaired) electrons. The van der Waals surface area contributed by atoms with Gasteiger partial charge >= 0.3 is 0 Å². The summed E-state index contributed by atoms with van der Waals surface area (Å²) in [5, 5.41) is 0.935. The van der Waals surface area contributed by atoms with E-state index in [0.717, 1.165) is 5.13 Å². The van der Waals surface area contributed by atoms with Gasteiger partial charge in [-0.25, -0.2) is 0 Å². The Morgan fingerprint density at radius 3 is 3.00 bits per heavy atom. The molecule has 1 unspecified atom stereocenters. The van der Waals surface area contributed by atoms with Crippen molar-refractivity contribution in [3.63, 3.8) is 0 Å². The number of rotatable bonds is 2. The minimum atomic E-state index is 0.387. The minimum absolute atomic E-state index is 0.387. The lowest BCUT2D eigenvalue weighted by Crippen LogP contribution is -2.31. The second kappa shape index (κ2) is 3.71. The molecule has 1 aromatic rings. The highest BCUT2D eigenvalue weighted by atomic mass is 32.2. The predicted octanol–water partition coefficient (Wildman–Crippen LogP) is 1.06. The first kappa shape index (κ1) is 9.08. The monoisotopic (exact) mass is 216 g/mol. The molecule has 0 bridgehead atoms. The number of nitrogens with zero attached hydrogens (tertiary/aromatic N) is 3. The van der Waals surface area contributed by atoms with Crippen molar-refractivity contribution in [2.75, 3.05) is 29.2 Å². The highest BCUT2D eigenvalue weighted by Gasteiger charge is 2.22. The zero-order valence-electron chi connectivity index (χ0n) is 7.43. The van der Waals surface area contributed by atoms with Crippen LogP contribution in [0.15, 0.2) is 0 Å². The Morgan fingerprint density at radius 2 is 2.46 bits per heavy atom. The molecule has 0 aliphatic carbocycles. The van der Waals surface area contributed by atoms with Crippen molar-refractivity contribution in [2.24, 2.45) is 0 Å². The van der Waals surface area contributed by atoms with Crippen molar-refractivity contribution in [1.82, 2.24) is 9.36 Å². The van der Waals surface area contributed by atoms with Crippen LogP contribution >= 0.6 is 23.3 Å². The summed E-state index contributed by atoms with van der Waals surface area (Å²) in [6, 6.07) is 0.609. The topological polar surface area (TPSA) is 55.0 Å². The quantitative estimate of drug-likeness (QED) is 0.801. The van der Waals surface area contributed by atoms with E-state index in [1.165, 1.54) is 29.5 Å². The van der Waals surface area contributed by atoms with Crippen LogP contribution in [0, 0.1) is 0 Å². The average molecular weight is 216 g/mol. The number of thioether (sulfide) groups is 1. The average Bonchev–Trinajstić information content (AvgIpc) is 2.72. The van der Waals surface area contributed by atoms with Gasteiger partial charge in [0.2, 0.25) is 11.1 Å². The molecule has 1 aromatic heterocycles. The normalized spacial score (nSPS) is 22.1. The lowest BCUT2D eigenvalue weighted by atomic mass is 10.2. The van der Waals surface area contributed by atoms with E-state index < -0.39 is 0 Å². The van der Waals surface area contributed by atoms with Crippen LogP contribution in [-0.2, 0) is 0 Å². The summed E-state index contributed by atoms with van der Waals surface area (Å²) in [6.45, 7) is 0. The highest BCUT2D eigenvalue weighted by molar-refractivity contribution is 7.99. The predicted molar refractivity (Wildman–Crippen MR) is 58.5 cm³/mol. The van der Waals surface area contributed by atoms with Crippen molar-refractivity contribution in [1.29, 1.82) is 0 Å². The molecule has 0 amide bonds. The highest BCUT2D eigenvalue weighted by Crippen LogP contribution is 2.26. The zero-order chi connectivity index (χ0) is 9.26. The smallest absolute Gasteiger partial charge is 0.233 e. The van der Waals surface area contributed by atoms with Crippen molar-refractivity contribution in [3.05, 3.63) is 0 Å². The first-order valence-corrected chi connectivity index (χ1v) is 6.10. The third kappa shape index (κ3) is 1.88. The molecule has 1 fully saturated rings. The van der Waals surface area contributed by atoms with Gasteiger partial charge in [0, 0.05) is 30.4 Å². The summed E-state index contributed by atoms with van der Waals surface area (Å²) in [4.78, 5) is 6.35. The van der Waals surface area contributed by atoms with E-state index in [0.29, 0.717) is 12.0 Å². The fourth-order valence-corrected chi connectivity index (χ4v) is 3.25. The summed E-state index contributed by atoms with van der Waals surface area (Å²) in [7, 11) is 2.07. The number of nitrogen functional groups attached to an aromatic ring is 1. The van der Waals surface area contributed by atoms with Gasteiger partial charge in [-0.2, -0.15) is 21.1 Å². The second-order valence-electron chi connectivity index (χ2n) is 3.06. The summed E-state index contributed by atoms with van der Waals surface area (Å²) in [5.74, 6) is 2.83. The Kier molecular flexibility index (Phi) is 2.59. The second-order valence-corrected chi connectivity index (χ2v) is 4.94. The van der Waals surface area contributed by atoms with Gasteiger partial charge in [0.1, 0.15) is 0 Å². The Morgan fingerprint density at radius 1 is 1.62 bits per heavy atom. The molecule has 1 aliphatic rings. The summed E-state index contributed by atoms with van der Waals surface area (Å²) in [5.41, 5.74) is 5.47. The SMILES string of the molecule is CN(c1nc(N)ns1)C1CCSC1. The van der Waals surface area contributed by atoms with E-state index >= 15 is 0 Å². The van der Waals surface area contributed by atoms with Crippen molar-refractivity contribution in [2.45, 2.75) is 12.5 Å². The molecular formula is C7H12N4S2. The molecular weight excluding hydrogens is 204 g/mol. The largest absolute Gasteiger partial charge is 0.367 e. The van der Waals surface area contributed by atoms with Crippen LogP contribution in [0.5, 0.6) is 0 Å². The molecule has 0 aromatic carbocycles. The number of hydrogen-bond donors (Lipinski definition) is 1. The van der Waals surface area contributed by atoms with E-state index in [4.69, 9.17) is 5.73 Å². The van der Waals surface area contributed by atoms with Crippen LogP contribution in [0.25, 0.3) is 0 Å². The molecule has 72 valence electrons. The molecule has 2 heterocycles. The number of nitrogens with two attached hydrogens (primary N) is 1. The molecule has 4 nitrogen and oxygen atoms in total. The van der Waals surface area contributed by atoms with Gasteiger partial charge in [0.15, 0.2) is 0 Å². The maximum absolute atomic E-state index is 5.47. The molecule has 0 saturated carbocycles. The van der Waals surface area contributed by atoms with Gasteiger partial charge in [-0.1, -0.05) is 0 Å². The molecule has 2 rings (SSSR count). The maximum atomic E-state index is 5.47. The van der Waals surface area contributed by atoms with Crippen LogP contribution in [0.3, 0.4) is 0 Å². The zero-order valence-corrected chi connectivity index (χ0v) is 9.07. The van der Waals surface area contributed by atoms with E-state index in [1.54, 1.807) is 0 Å².